The van der Waals surface area contributed by atoms with Gasteiger partial charge in [0.15, 0.2) is 0 Å². The predicted octanol–water partition coefficient (Wildman–Crippen LogP) is 2.28. The van der Waals surface area contributed by atoms with Gasteiger partial charge in [0.1, 0.15) is 0 Å². The van der Waals surface area contributed by atoms with Gasteiger partial charge < -0.3 is 4.98 Å². The van der Waals surface area contributed by atoms with Crippen LogP contribution in [0.2, 0.25) is 0 Å². The second-order valence-electron chi connectivity index (χ2n) is 6.83. The molecule has 0 unspecified atom stereocenters. The summed E-state index contributed by atoms with van der Waals surface area (Å²) in [6.07, 6.45) is 0.630. The van der Waals surface area contributed by atoms with Crippen LogP contribution < -0.4 is 16.0 Å². The molecule has 3 N–H and O–H groups in total. The first kappa shape index (κ1) is 19.1. The quantitative estimate of drug-likeness (QED) is 0.602. The molecule has 8 heteroatoms. The number of aromatic nitrogens is 2. The molecule has 1 heterocycles. The van der Waals surface area contributed by atoms with E-state index in [2.05, 4.69) is 14.7 Å². The van der Waals surface area contributed by atoms with E-state index in [4.69, 9.17) is 0 Å². The number of aromatic amines is 2. The molecule has 0 aliphatic carbocycles. The van der Waals surface area contributed by atoms with Crippen molar-refractivity contribution in [2.75, 3.05) is 0 Å². The highest BCUT2D eigenvalue weighted by Crippen LogP contribution is 2.24. The predicted molar refractivity (Wildman–Crippen MR) is 104 cm³/mol. The molecule has 0 radical (unpaired) electrons. The normalized spacial score (nSPS) is 13.1. The van der Waals surface area contributed by atoms with Crippen molar-refractivity contribution in [1.29, 1.82) is 0 Å². The smallest absolute Gasteiger partial charge is 0.307 e. The number of sulfonamides is 1. The van der Waals surface area contributed by atoms with Crippen molar-refractivity contribution in [3.63, 3.8) is 0 Å². The molecule has 0 aliphatic rings. The monoisotopic (exact) mass is 387 g/mol. The van der Waals surface area contributed by atoms with E-state index < -0.39 is 21.3 Å². The third-order valence-electron chi connectivity index (χ3n) is 4.23. The minimum atomic E-state index is -3.87. The molecule has 3 aromatic rings. The van der Waals surface area contributed by atoms with Crippen molar-refractivity contribution in [2.45, 2.75) is 31.2 Å². The van der Waals surface area contributed by atoms with E-state index in [9.17, 15) is 18.0 Å². The number of rotatable bonds is 6. The highest BCUT2D eigenvalue weighted by atomic mass is 32.2. The number of benzene rings is 2. The molecule has 0 bridgehead atoms. The minimum absolute atomic E-state index is 0.0303. The summed E-state index contributed by atoms with van der Waals surface area (Å²) in [6.45, 7) is 4.05. The molecule has 0 saturated heterocycles. The molecule has 0 saturated carbocycles. The summed E-state index contributed by atoms with van der Waals surface area (Å²) in [5, 5.41) is 0.109. The second-order valence-corrected chi connectivity index (χ2v) is 8.54. The lowest BCUT2D eigenvalue weighted by Gasteiger charge is -2.21. The van der Waals surface area contributed by atoms with Crippen LogP contribution in [0.25, 0.3) is 10.9 Å². The van der Waals surface area contributed by atoms with E-state index in [0.717, 1.165) is 5.56 Å². The number of hydrogen-bond acceptors (Lipinski definition) is 4. The fourth-order valence-corrected chi connectivity index (χ4v) is 4.24. The van der Waals surface area contributed by atoms with Gasteiger partial charge in [-0.15, -0.1) is 0 Å². The van der Waals surface area contributed by atoms with E-state index in [1.165, 1.54) is 18.2 Å². The topological polar surface area (TPSA) is 112 Å². The molecule has 0 aliphatic heterocycles. The first-order valence-electron chi connectivity index (χ1n) is 8.60. The van der Waals surface area contributed by atoms with Crippen LogP contribution in [0.5, 0.6) is 0 Å². The molecule has 1 aromatic heterocycles. The Hall–Kier alpha value is -2.71. The lowest BCUT2D eigenvalue weighted by Crippen LogP contribution is -2.30. The summed E-state index contributed by atoms with van der Waals surface area (Å²) in [4.78, 5) is 27.9. The average molecular weight is 387 g/mol. The van der Waals surface area contributed by atoms with E-state index in [-0.39, 0.29) is 27.8 Å². The van der Waals surface area contributed by atoms with Crippen LogP contribution in [0.15, 0.2) is 63.0 Å². The van der Waals surface area contributed by atoms with Crippen LogP contribution in [-0.4, -0.2) is 18.4 Å². The van der Waals surface area contributed by atoms with Gasteiger partial charge in [0.2, 0.25) is 10.0 Å². The lowest BCUT2D eigenvalue weighted by molar-refractivity contribution is 0.472. The van der Waals surface area contributed by atoms with Gasteiger partial charge in [0.05, 0.1) is 15.8 Å². The van der Waals surface area contributed by atoms with Crippen LogP contribution in [0.1, 0.15) is 31.9 Å². The molecule has 27 heavy (non-hydrogen) atoms. The highest BCUT2D eigenvalue weighted by Gasteiger charge is 2.23. The SMILES string of the molecule is CC(C)C[C@@H](NS(=O)(=O)c1ccc2[nH]c(=O)[nH]c(=O)c2c1)c1ccccc1. The maximum atomic E-state index is 12.9. The number of H-pyrrole nitrogens is 2. The summed E-state index contributed by atoms with van der Waals surface area (Å²) >= 11 is 0. The first-order valence-corrected chi connectivity index (χ1v) is 10.1. The molecule has 7 nitrogen and oxygen atoms in total. The molecule has 0 amide bonds. The summed E-state index contributed by atoms with van der Waals surface area (Å²) in [7, 11) is -3.87. The average Bonchev–Trinajstić information content (AvgIpc) is 2.61. The Morgan fingerprint density at radius 3 is 2.37 bits per heavy atom. The van der Waals surface area contributed by atoms with Crippen molar-refractivity contribution in [3.05, 3.63) is 74.9 Å². The zero-order chi connectivity index (χ0) is 19.6. The van der Waals surface area contributed by atoms with Gasteiger partial charge >= 0.3 is 5.69 Å². The van der Waals surface area contributed by atoms with E-state index in [1.54, 1.807) is 0 Å². The Morgan fingerprint density at radius 1 is 1.00 bits per heavy atom. The second kappa shape index (κ2) is 7.50. The van der Waals surface area contributed by atoms with Gasteiger partial charge in [-0.1, -0.05) is 44.2 Å². The zero-order valence-corrected chi connectivity index (χ0v) is 15.8. The van der Waals surface area contributed by atoms with Crippen LogP contribution in [0.3, 0.4) is 0 Å². The summed E-state index contributed by atoms with van der Waals surface area (Å²) in [5.41, 5.74) is -0.114. The van der Waals surface area contributed by atoms with Gasteiger partial charge in [-0.3, -0.25) is 9.78 Å². The van der Waals surface area contributed by atoms with Gasteiger partial charge in [-0.2, -0.15) is 0 Å². The van der Waals surface area contributed by atoms with Crippen molar-refractivity contribution in [3.8, 4) is 0 Å². The number of fused-ring (bicyclic) bond motifs is 1. The van der Waals surface area contributed by atoms with E-state index in [0.29, 0.717) is 6.42 Å². The summed E-state index contributed by atoms with van der Waals surface area (Å²) < 4.78 is 28.6. The zero-order valence-electron chi connectivity index (χ0n) is 15.0. The number of hydrogen-bond donors (Lipinski definition) is 3. The van der Waals surface area contributed by atoms with E-state index in [1.807, 2.05) is 44.2 Å². The third-order valence-corrected chi connectivity index (χ3v) is 5.70. The highest BCUT2D eigenvalue weighted by molar-refractivity contribution is 7.89. The molecular formula is C19H21N3O4S. The molecule has 2 aromatic carbocycles. The fraction of sp³-hybridized carbons (Fsp3) is 0.263. The van der Waals surface area contributed by atoms with Gasteiger partial charge in [-0.25, -0.2) is 17.9 Å². The minimum Gasteiger partial charge on any atom is -0.307 e. The summed E-state index contributed by atoms with van der Waals surface area (Å²) in [6, 6.07) is 13.0. The van der Waals surface area contributed by atoms with Gasteiger partial charge in [0.25, 0.3) is 5.56 Å². The van der Waals surface area contributed by atoms with Crippen LogP contribution in [0.4, 0.5) is 0 Å². The van der Waals surface area contributed by atoms with Crippen LogP contribution >= 0.6 is 0 Å². The molecule has 0 spiro atoms. The molecule has 0 fully saturated rings. The van der Waals surface area contributed by atoms with Crippen molar-refractivity contribution >= 4 is 20.9 Å². The Kier molecular flexibility index (Phi) is 5.29. The van der Waals surface area contributed by atoms with E-state index >= 15 is 0 Å². The Balaban J connectivity index is 2.00. The summed E-state index contributed by atoms with van der Waals surface area (Å²) in [5.74, 6) is 0.280. The molecular weight excluding hydrogens is 366 g/mol. The van der Waals surface area contributed by atoms with Gasteiger partial charge in [-0.05, 0) is 36.1 Å². The number of nitrogens with one attached hydrogen (secondary N) is 3. The first-order chi connectivity index (χ1) is 12.8. The third kappa shape index (κ3) is 4.35. The molecule has 1 atom stereocenters. The van der Waals surface area contributed by atoms with Crippen molar-refractivity contribution < 1.29 is 8.42 Å². The maximum absolute atomic E-state index is 12.9. The van der Waals surface area contributed by atoms with Gasteiger partial charge in [0, 0.05) is 6.04 Å². The van der Waals surface area contributed by atoms with Crippen LogP contribution in [-0.2, 0) is 10.0 Å². The lowest BCUT2D eigenvalue weighted by atomic mass is 9.98. The standard InChI is InChI=1S/C19H21N3O4S/c1-12(2)10-17(13-6-4-3-5-7-13)22-27(25,26)14-8-9-16-15(11-14)18(23)21-19(24)20-16/h3-9,11-12,17,22H,10H2,1-2H3,(H2,20,21,23,24)/t17-/m1/s1. The maximum Gasteiger partial charge on any atom is 0.326 e. The van der Waals surface area contributed by atoms with Crippen molar-refractivity contribution in [1.82, 2.24) is 14.7 Å². The largest absolute Gasteiger partial charge is 0.326 e. The Morgan fingerprint density at radius 2 is 1.70 bits per heavy atom. The Bertz CT molecular complexity index is 1160. The Labute approximate surface area is 156 Å². The fourth-order valence-electron chi connectivity index (χ4n) is 2.98. The van der Waals surface area contributed by atoms with Crippen molar-refractivity contribution in [2.24, 2.45) is 5.92 Å². The van der Waals surface area contributed by atoms with Crippen LogP contribution in [0, 0.1) is 5.92 Å². The molecule has 3 rings (SSSR count). The molecule has 142 valence electrons.